The summed E-state index contributed by atoms with van der Waals surface area (Å²) in [7, 11) is -4.00. The molecular weight excluding hydrogens is 350 g/mol. The fourth-order valence-corrected chi connectivity index (χ4v) is 4.36. The number of esters is 1. The molecular formula is C15H21N3O6S. The van der Waals surface area contributed by atoms with Gasteiger partial charge in [0.05, 0.1) is 22.0 Å². The number of rotatable bonds is 5. The van der Waals surface area contributed by atoms with Gasteiger partial charge in [-0.1, -0.05) is 0 Å². The number of benzene rings is 1. The van der Waals surface area contributed by atoms with Gasteiger partial charge < -0.3 is 10.5 Å². The summed E-state index contributed by atoms with van der Waals surface area (Å²) in [6.07, 6.45) is 1.33. The molecule has 2 rings (SSSR count). The standard InChI is InChI=1S/C15H21N3O6S/c1-3-24-15(19)13-7-12(8-14(10(13)2)18(20)21)25(22,23)17-6-4-5-11(16)9-17/h7-8,11H,3-6,9,16H2,1-2H3. The highest BCUT2D eigenvalue weighted by Crippen LogP contribution is 2.29. The first-order chi connectivity index (χ1) is 11.7. The predicted octanol–water partition coefficient (Wildman–Crippen LogP) is 1.19. The molecule has 25 heavy (non-hydrogen) atoms. The molecule has 0 radical (unpaired) electrons. The highest BCUT2D eigenvalue weighted by Gasteiger charge is 2.32. The molecule has 1 aliphatic heterocycles. The summed E-state index contributed by atoms with van der Waals surface area (Å²) in [6, 6.07) is 1.83. The molecule has 0 bridgehead atoms. The molecule has 1 aromatic rings. The van der Waals surface area contributed by atoms with Crippen molar-refractivity contribution in [1.29, 1.82) is 0 Å². The van der Waals surface area contributed by atoms with Crippen LogP contribution >= 0.6 is 0 Å². The van der Waals surface area contributed by atoms with Crippen LogP contribution in [0.2, 0.25) is 0 Å². The van der Waals surface area contributed by atoms with Gasteiger partial charge in [0.15, 0.2) is 0 Å². The van der Waals surface area contributed by atoms with Crippen molar-refractivity contribution in [3.8, 4) is 0 Å². The van der Waals surface area contributed by atoms with E-state index in [4.69, 9.17) is 10.5 Å². The lowest BCUT2D eigenvalue weighted by Crippen LogP contribution is -2.45. The second-order valence-corrected chi connectivity index (χ2v) is 7.80. The lowest BCUT2D eigenvalue weighted by molar-refractivity contribution is -0.385. The van der Waals surface area contributed by atoms with Crippen molar-refractivity contribution in [2.24, 2.45) is 5.73 Å². The van der Waals surface area contributed by atoms with Gasteiger partial charge in [-0.15, -0.1) is 0 Å². The summed E-state index contributed by atoms with van der Waals surface area (Å²) in [5.41, 5.74) is 5.33. The van der Waals surface area contributed by atoms with E-state index in [1.807, 2.05) is 0 Å². The first kappa shape index (κ1) is 19.3. The largest absolute Gasteiger partial charge is 0.462 e. The van der Waals surface area contributed by atoms with Gasteiger partial charge in [-0.05, 0) is 32.8 Å². The lowest BCUT2D eigenvalue weighted by atomic mass is 10.1. The Labute approximate surface area is 145 Å². The molecule has 0 saturated carbocycles. The predicted molar refractivity (Wildman–Crippen MR) is 89.8 cm³/mol. The molecule has 0 aromatic heterocycles. The summed E-state index contributed by atoms with van der Waals surface area (Å²) < 4.78 is 31.8. The monoisotopic (exact) mass is 371 g/mol. The number of sulfonamides is 1. The molecule has 1 heterocycles. The Morgan fingerprint density at radius 1 is 1.48 bits per heavy atom. The van der Waals surface area contributed by atoms with E-state index in [0.29, 0.717) is 12.8 Å². The van der Waals surface area contributed by atoms with Gasteiger partial charge in [0.2, 0.25) is 10.0 Å². The molecule has 1 saturated heterocycles. The second kappa shape index (κ2) is 7.46. The third kappa shape index (κ3) is 3.97. The summed E-state index contributed by atoms with van der Waals surface area (Å²) in [6.45, 7) is 3.48. The van der Waals surface area contributed by atoms with E-state index in [0.717, 1.165) is 12.1 Å². The van der Waals surface area contributed by atoms with Gasteiger partial charge in [0.1, 0.15) is 0 Å². The number of carbonyl (C=O) groups is 1. The molecule has 0 aliphatic carbocycles. The maximum Gasteiger partial charge on any atom is 0.338 e. The third-order valence-electron chi connectivity index (χ3n) is 4.10. The van der Waals surface area contributed by atoms with Crippen LogP contribution in [0.15, 0.2) is 17.0 Å². The van der Waals surface area contributed by atoms with Crippen LogP contribution in [0.4, 0.5) is 5.69 Å². The fourth-order valence-electron chi connectivity index (χ4n) is 2.77. The molecule has 0 amide bonds. The van der Waals surface area contributed by atoms with E-state index in [9.17, 15) is 23.3 Å². The maximum absolute atomic E-state index is 12.8. The smallest absolute Gasteiger partial charge is 0.338 e. The van der Waals surface area contributed by atoms with Crippen molar-refractivity contribution in [2.45, 2.75) is 37.6 Å². The van der Waals surface area contributed by atoms with Crippen molar-refractivity contribution < 1.29 is 22.9 Å². The van der Waals surface area contributed by atoms with Crippen molar-refractivity contribution in [3.05, 3.63) is 33.4 Å². The number of piperidine rings is 1. The fraction of sp³-hybridized carbons (Fsp3) is 0.533. The third-order valence-corrected chi connectivity index (χ3v) is 5.95. The van der Waals surface area contributed by atoms with Gasteiger partial charge in [-0.2, -0.15) is 4.31 Å². The molecule has 1 atom stereocenters. The van der Waals surface area contributed by atoms with E-state index in [1.165, 1.54) is 11.2 Å². The Bertz CT molecular complexity index is 793. The topological polar surface area (TPSA) is 133 Å². The number of hydrogen-bond donors (Lipinski definition) is 1. The minimum atomic E-state index is -4.00. The van der Waals surface area contributed by atoms with Crippen molar-refractivity contribution in [2.75, 3.05) is 19.7 Å². The molecule has 1 aliphatic rings. The van der Waals surface area contributed by atoms with E-state index in [2.05, 4.69) is 0 Å². The minimum absolute atomic E-state index is 0.0674. The molecule has 1 unspecified atom stereocenters. The van der Waals surface area contributed by atoms with Crippen molar-refractivity contribution in [1.82, 2.24) is 4.31 Å². The van der Waals surface area contributed by atoms with E-state index >= 15 is 0 Å². The number of ether oxygens (including phenoxy) is 1. The van der Waals surface area contributed by atoms with Crippen LogP contribution in [0.1, 0.15) is 35.7 Å². The first-order valence-corrected chi connectivity index (χ1v) is 9.34. The number of hydrogen-bond acceptors (Lipinski definition) is 7. The summed E-state index contributed by atoms with van der Waals surface area (Å²) in [4.78, 5) is 22.3. The van der Waals surface area contributed by atoms with E-state index < -0.39 is 26.6 Å². The van der Waals surface area contributed by atoms with Gasteiger partial charge >= 0.3 is 5.97 Å². The zero-order chi connectivity index (χ0) is 18.8. The Morgan fingerprint density at radius 2 is 2.16 bits per heavy atom. The van der Waals surface area contributed by atoms with Crippen LogP contribution in [0.3, 0.4) is 0 Å². The molecule has 1 aromatic carbocycles. The Kier molecular flexibility index (Phi) is 5.76. The molecule has 9 nitrogen and oxygen atoms in total. The summed E-state index contributed by atoms with van der Waals surface area (Å²) in [5.74, 6) is -0.796. The molecule has 0 spiro atoms. The lowest BCUT2D eigenvalue weighted by Gasteiger charge is -2.30. The SMILES string of the molecule is CCOC(=O)c1cc(S(=O)(=O)N2CCCC(N)C2)cc([N+](=O)[O-])c1C. The van der Waals surface area contributed by atoms with Crippen molar-refractivity contribution in [3.63, 3.8) is 0 Å². The van der Waals surface area contributed by atoms with Gasteiger partial charge in [0.25, 0.3) is 5.69 Å². The summed E-state index contributed by atoms with van der Waals surface area (Å²) >= 11 is 0. The van der Waals surface area contributed by atoms with Crippen LogP contribution in [0.5, 0.6) is 0 Å². The Morgan fingerprint density at radius 3 is 2.72 bits per heavy atom. The quantitative estimate of drug-likeness (QED) is 0.467. The molecule has 10 heteroatoms. The molecule has 1 fully saturated rings. The molecule has 2 N–H and O–H groups in total. The second-order valence-electron chi connectivity index (χ2n) is 5.86. The zero-order valence-electron chi connectivity index (χ0n) is 14.1. The Hall–Kier alpha value is -2.04. The highest BCUT2D eigenvalue weighted by atomic mass is 32.2. The Balaban J connectivity index is 2.56. The zero-order valence-corrected chi connectivity index (χ0v) is 14.9. The normalized spacial score (nSPS) is 18.8. The van der Waals surface area contributed by atoms with E-state index in [-0.39, 0.29) is 41.8 Å². The van der Waals surface area contributed by atoms with Crippen LogP contribution in [0, 0.1) is 17.0 Å². The number of nitrogens with two attached hydrogens (primary N) is 1. The minimum Gasteiger partial charge on any atom is -0.462 e. The average molecular weight is 371 g/mol. The average Bonchev–Trinajstić information content (AvgIpc) is 2.54. The van der Waals surface area contributed by atoms with Crippen LogP contribution < -0.4 is 5.73 Å². The number of carbonyl (C=O) groups excluding carboxylic acids is 1. The van der Waals surface area contributed by atoms with Gasteiger partial charge in [-0.3, -0.25) is 10.1 Å². The first-order valence-electron chi connectivity index (χ1n) is 7.90. The van der Waals surface area contributed by atoms with Crippen LogP contribution in [-0.4, -0.2) is 49.4 Å². The van der Waals surface area contributed by atoms with Gasteiger partial charge in [0, 0.05) is 30.8 Å². The van der Waals surface area contributed by atoms with Crippen LogP contribution in [0.25, 0.3) is 0 Å². The van der Waals surface area contributed by atoms with Crippen molar-refractivity contribution >= 4 is 21.7 Å². The van der Waals surface area contributed by atoms with Crippen LogP contribution in [-0.2, 0) is 14.8 Å². The number of nitro benzene ring substituents is 1. The summed E-state index contributed by atoms with van der Waals surface area (Å²) in [5, 5.41) is 11.3. The number of nitrogens with zero attached hydrogens (tertiary/aromatic N) is 2. The van der Waals surface area contributed by atoms with Gasteiger partial charge in [-0.25, -0.2) is 13.2 Å². The molecule has 138 valence electrons. The number of nitro groups is 1. The highest BCUT2D eigenvalue weighted by molar-refractivity contribution is 7.89. The maximum atomic E-state index is 12.8. The van der Waals surface area contributed by atoms with E-state index in [1.54, 1.807) is 6.92 Å².